The van der Waals surface area contributed by atoms with E-state index in [-0.39, 0.29) is 18.3 Å². The lowest BCUT2D eigenvalue weighted by atomic mass is 10.2. The van der Waals surface area contributed by atoms with Gasteiger partial charge in [0.05, 0.1) is 29.3 Å². The zero-order valence-electron chi connectivity index (χ0n) is 14.2. The fourth-order valence-corrected chi connectivity index (χ4v) is 4.24. The third-order valence-electron chi connectivity index (χ3n) is 3.58. The Morgan fingerprint density at radius 3 is 2.81 bits per heavy atom. The third-order valence-corrected chi connectivity index (χ3v) is 5.82. The van der Waals surface area contributed by atoms with Crippen LogP contribution in [0.2, 0.25) is 0 Å². The Bertz CT molecular complexity index is 852. The van der Waals surface area contributed by atoms with E-state index < -0.39 is 5.97 Å². The van der Waals surface area contributed by atoms with Gasteiger partial charge in [0, 0.05) is 5.75 Å². The Balaban J connectivity index is 1.61. The van der Waals surface area contributed by atoms with Crippen LogP contribution in [0.5, 0.6) is 0 Å². The second kappa shape index (κ2) is 8.91. The Kier molecular flexibility index (Phi) is 6.35. The van der Waals surface area contributed by atoms with E-state index in [9.17, 15) is 9.59 Å². The van der Waals surface area contributed by atoms with E-state index in [1.165, 1.54) is 17.3 Å². The number of carbonyl (C=O) groups is 2. The van der Waals surface area contributed by atoms with Crippen LogP contribution < -0.4 is 5.32 Å². The number of amides is 1. The molecule has 26 heavy (non-hydrogen) atoms. The van der Waals surface area contributed by atoms with Gasteiger partial charge in [0.15, 0.2) is 0 Å². The summed E-state index contributed by atoms with van der Waals surface area (Å²) in [6.45, 7) is 2.03. The van der Waals surface area contributed by atoms with Crippen molar-refractivity contribution in [2.45, 2.75) is 12.7 Å². The quantitative estimate of drug-likeness (QED) is 0.768. The van der Waals surface area contributed by atoms with Crippen molar-refractivity contribution in [2.24, 2.45) is 4.99 Å². The van der Waals surface area contributed by atoms with Gasteiger partial charge in [-0.15, -0.1) is 0 Å². The molecule has 1 heterocycles. The first-order chi connectivity index (χ1) is 12.7. The monoisotopic (exact) mass is 386 g/mol. The molecule has 3 rings (SSSR count). The molecule has 134 valence electrons. The van der Waals surface area contributed by atoms with Crippen molar-refractivity contribution in [3.05, 3.63) is 59.7 Å². The predicted octanol–water partition coefficient (Wildman–Crippen LogP) is 4.47. The first-order valence-electron chi connectivity index (χ1n) is 8.15. The molecule has 1 N–H and O–H groups in total. The van der Waals surface area contributed by atoms with Crippen LogP contribution in [0.25, 0.3) is 0 Å². The van der Waals surface area contributed by atoms with Gasteiger partial charge in [-0.2, -0.15) is 0 Å². The van der Waals surface area contributed by atoms with Gasteiger partial charge in [-0.25, -0.2) is 9.79 Å². The van der Waals surface area contributed by atoms with Crippen molar-refractivity contribution in [3.8, 4) is 0 Å². The van der Waals surface area contributed by atoms with Crippen molar-refractivity contribution in [1.29, 1.82) is 0 Å². The number of nitrogens with zero attached hydrogens (tertiary/aromatic N) is 1. The molecule has 1 aliphatic rings. The summed E-state index contributed by atoms with van der Waals surface area (Å²) in [5.74, 6) is 0.453. The van der Waals surface area contributed by atoms with Gasteiger partial charge in [-0.1, -0.05) is 53.9 Å². The van der Waals surface area contributed by atoms with Crippen LogP contribution >= 0.6 is 23.5 Å². The number of rotatable bonds is 5. The van der Waals surface area contributed by atoms with E-state index in [1.807, 2.05) is 18.2 Å². The van der Waals surface area contributed by atoms with Crippen molar-refractivity contribution >= 4 is 51.2 Å². The molecule has 7 heteroatoms. The topological polar surface area (TPSA) is 67.8 Å². The number of hydrogen-bond acceptors (Lipinski definition) is 6. The van der Waals surface area contributed by atoms with Gasteiger partial charge < -0.3 is 10.1 Å². The van der Waals surface area contributed by atoms with Gasteiger partial charge in [-0.3, -0.25) is 4.79 Å². The minimum atomic E-state index is -0.445. The van der Waals surface area contributed by atoms with E-state index in [4.69, 9.17) is 4.74 Å². The Hall–Kier alpha value is -2.25. The fourth-order valence-electron chi connectivity index (χ4n) is 2.38. The van der Waals surface area contributed by atoms with E-state index in [0.29, 0.717) is 11.3 Å². The molecule has 0 spiro atoms. The fraction of sp³-hybridized carbons (Fsp3) is 0.211. The third kappa shape index (κ3) is 4.68. The number of nitrogens with one attached hydrogen (secondary N) is 1. The first kappa shape index (κ1) is 18.5. The average molecular weight is 386 g/mol. The van der Waals surface area contributed by atoms with Crippen molar-refractivity contribution < 1.29 is 14.3 Å². The summed E-state index contributed by atoms with van der Waals surface area (Å²) in [5, 5.41) is 2.78. The van der Waals surface area contributed by atoms with Crippen LogP contribution in [0.1, 0.15) is 22.8 Å². The minimum Gasteiger partial charge on any atom is -0.462 e. The number of anilines is 1. The molecule has 0 atom stereocenters. The molecule has 2 aromatic carbocycles. The molecule has 2 aromatic rings. The minimum absolute atomic E-state index is 0.186. The Labute approximate surface area is 160 Å². The highest BCUT2D eigenvalue weighted by Crippen LogP contribution is 2.34. The number of hydrogen-bond donors (Lipinski definition) is 1. The summed E-state index contributed by atoms with van der Waals surface area (Å²) >= 11 is 3.03. The number of carbonyl (C=O) groups excluding carboxylic acids is 2. The lowest BCUT2D eigenvalue weighted by Crippen LogP contribution is -2.18. The molecule has 0 saturated heterocycles. The standard InChI is InChI=1S/C19H18N2O3S2/c1-2-24-18(23)14-8-4-6-10-16(14)20-17(22)12-26-19-21-15-9-5-3-7-13(15)11-25-19/h3-10H,2,11-12H2,1H3,(H,20,22). The van der Waals surface area contributed by atoms with Crippen LogP contribution in [0.15, 0.2) is 53.5 Å². The zero-order valence-corrected chi connectivity index (χ0v) is 15.9. The van der Waals surface area contributed by atoms with E-state index >= 15 is 0 Å². The SMILES string of the molecule is CCOC(=O)c1ccccc1NC(=O)CSC1=Nc2ccccc2CS1. The lowest BCUT2D eigenvalue weighted by molar-refractivity contribution is -0.113. The highest BCUT2D eigenvalue weighted by molar-refractivity contribution is 8.38. The normalized spacial score (nSPS) is 12.7. The highest BCUT2D eigenvalue weighted by atomic mass is 32.2. The van der Waals surface area contributed by atoms with Gasteiger partial charge in [0.1, 0.15) is 4.38 Å². The second-order valence-corrected chi connectivity index (χ2v) is 7.58. The molecule has 0 unspecified atom stereocenters. The van der Waals surface area contributed by atoms with Crippen molar-refractivity contribution in [2.75, 3.05) is 17.7 Å². The molecule has 0 aromatic heterocycles. The predicted molar refractivity (Wildman–Crippen MR) is 108 cm³/mol. The number of benzene rings is 2. The van der Waals surface area contributed by atoms with E-state index in [2.05, 4.69) is 16.4 Å². The number of ether oxygens (including phenoxy) is 1. The van der Waals surface area contributed by atoms with Crippen molar-refractivity contribution in [3.63, 3.8) is 0 Å². The summed E-state index contributed by atoms with van der Waals surface area (Å²) in [6, 6.07) is 14.8. The number of thioether (sulfide) groups is 2. The maximum atomic E-state index is 12.3. The van der Waals surface area contributed by atoms with Crippen LogP contribution in [0, 0.1) is 0 Å². The lowest BCUT2D eigenvalue weighted by Gasteiger charge is -2.14. The molecule has 0 fully saturated rings. The number of para-hydroxylation sites is 2. The molecule has 0 aliphatic carbocycles. The van der Waals surface area contributed by atoms with Crippen LogP contribution in [0.3, 0.4) is 0 Å². The summed E-state index contributed by atoms with van der Waals surface area (Å²) in [7, 11) is 0. The molecule has 0 bridgehead atoms. The van der Waals surface area contributed by atoms with Crippen LogP contribution in [-0.2, 0) is 15.3 Å². The van der Waals surface area contributed by atoms with Gasteiger partial charge >= 0.3 is 5.97 Å². The molecule has 0 radical (unpaired) electrons. The van der Waals surface area contributed by atoms with Gasteiger partial charge in [0.2, 0.25) is 5.91 Å². The molecule has 1 amide bonds. The molecule has 5 nitrogen and oxygen atoms in total. The van der Waals surface area contributed by atoms with Crippen LogP contribution in [-0.4, -0.2) is 28.6 Å². The first-order valence-corrected chi connectivity index (χ1v) is 10.1. The van der Waals surface area contributed by atoms with Crippen molar-refractivity contribution in [1.82, 2.24) is 0 Å². The summed E-state index contributed by atoms with van der Waals surface area (Å²) in [6.07, 6.45) is 0. The Morgan fingerprint density at radius 1 is 1.19 bits per heavy atom. The smallest absolute Gasteiger partial charge is 0.340 e. The Morgan fingerprint density at radius 2 is 1.96 bits per heavy atom. The van der Waals surface area contributed by atoms with E-state index in [0.717, 1.165) is 15.8 Å². The highest BCUT2D eigenvalue weighted by Gasteiger charge is 2.16. The molecule has 1 aliphatic heterocycles. The van der Waals surface area contributed by atoms with Gasteiger partial charge in [0.25, 0.3) is 0 Å². The second-order valence-electron chi connectivity index (χ2n) is 5.40. The number of fused-ring (bicyclic) bond motifs is 1. The molecular formula is C19H18N2O3S2. The number of aliphatic imine (C=N–C) groups is 1. The number of esters is 1. The van der Waals surface area contributed by atoms with E-state index in [1.54, 1.807) is 43.0 Å². The largest absolute Gasteiger partial charge is 0.462 e. The molecular weight excluding hydrogens is 368 g/mol. The summed E-state index contributed by atoms with van der Waals surface area (Å²) in [4.78, 5) is 28.8. The average Bonchev–Trinajstić information content (AvgIpc) is 2.67. The maximum Gasteiger partial charge on any atom is 0.340 e. The summed E-state index contributed by atoms with van der Waals surface area (Å²) < 4.78 is 5.89. The maximum absolute atomic E-state index is 12.3. The zero-order chi connectivity index (χ0) is 18.4. The molecule has 0 saturated carbocycles. The summed E-state index contributed by atoms with van der Waals surface area (Å²) in [5.41, 5.74) is 2.97. The van der Waals surface area contributed by atoms with Crippen LogP contribution in [0.4, 0.5) is 11.4 Å². The van der Waals surface area contributed by atoms with Gasteiger partial charge in [-0.05, 0) is 30.7 Å².